The number of hydrogen-bond donors (Lipinski definition) is 0. The van der Waals surface area contributed by atoms with E-state index in [1.165, 1.54) is 11.3 Å². The number of benzene rings is 1. The summed E-state index contributed by atoms with van der Waals surface area (Å²) in [6.45, 7) is 5.51. The van der Waals surface area contributed by atoms with Gasteiger partial charge in [-0.3, -0.25) is 4.79 Å². The van der Waals surface area contributed by atoms with Gasteiger partial charge in [0.1, 0.15) is 5.01 Å². The van der Waals surface area contributed by atoms with Crippen LogP contribution in [0, 0.1) is 6.92 Å². The Morgan fingerprint density at radius 3 is 2.62 bits per heavy atom. The minimum Gasteiger partial charge on any atom is -0.461 e. The lowest BCUT2D eigenvalue weighted by molar-refractivity contribution is 0.0520. The molecule has 0 saturated heterocycles. The molecule has 1 amide bonds. The summed E-state index contributed by atoms with van der Waals surface area (Å²) in [5, 5.41) is 2.36. The van der Waals surface area contributed by atoms with E-state index in [2.05, 4.69) is 4.98 Å². The number of carbonyl (C=O) groups excluding carboxylic acids is 2. The molecule has 1 aromatic carbocycles. The highest BCUT2D eigenvalue weighted by atomic mass is 32.1. The minimum atomic E-state index is -0.439. The number of aryl methyl sites for hydroxylation is 1. The molecule has 0 bridgehead atoms. The molecule has 0 unspecified atom stereocenters. The molecule has 26 heavy (non-hydrogen) atoms. The summed E-state index contributed by atoms with van der Waals surface area (Å²) < 4.78 is 10.1. The first-order chi connectivity index (χ1) is 12.5. The van der Waals surface area contributed by atoms with Crippen molar-refractivity contribution in [2.24, 2.45) is 0 Å². The van der Waals surface area contributed by atoms with Crippen LogP contribution in [0.5, 0.6) is 0 Å². The Kier molecular flexibility index (Phi) is 7.74. The van der Waals surface area contributed by atoms with Crippen molar-refractivity contribution in [1.82, 2.24) is 9.88 Å². The fourth-order valence-electron chi connectivity index (χ4n) is 2.38. The molecule has 0 aliphatic carbocycles. The van der Waals surface area contributed by atoms with Gasteiger partial charge in [0.15, 0.2) is 5.69 Å². The van der Waals surface area contributed by atoms with Gasteiger partial charge >= 0.3 is 5.97 Å². The topological polar surface area (TPSA) is 68.7 Å². The highest BCUT2D eigenvalue weighted by Gasteiger charge is 2.19. The summed E-state index contributed by atoms with van der Waals surface area (Å²) in [6.07, 6.45) is 0.726. The predicted molar refractivity (Wildman–Crippen MR) is 100 cm³/mol. The fraction of sp³-hybridized carbons (Fsp3) is 0.421. The van der Waals surface area contributed by atoms with E-state index in [1.54, 1.807) is 24.3 Å². The molecule has 2 rings (SSSR count). The number of esters is 1. The molecule has 0 aliphatic rings. The van der Waals surface area contributed by atoms with Crippen molar-refractivity contribution in [1.29, 1.82) is 0 Å². The average molecular weight is 376 g/mol. The van der Waals surface area contributed by atoms with Crippen LogP contribution in [0.4, 0.5) is 0 Å². The van der Waals surface area contributed by atoms with Gasteiger partial charge in [-0.2, -0.15) is 0 Å². The zero-order chi connectivity index (χ0) is 18.9. The molecule has 0 fully saturated rings. The SMILES string of the molecule is CCOC(=O)c1csc(CN(CCCOC)C(=O)c2ccc(C)cc2)n1. The van der Waals surface area contributed by atoms with Crippen molar-refractivity contribution in [2.45, 2.75) is 26.8 Å². The second kappa shape index (κ2) is 10.0. The maximum atomic E-state index is 12.9. The molecule has 0 saturated carbocycles. The van der Waals surface area contributed by atoms with Crippen molar-refractivity contribution in [3.05, 3.63) is 51.5 Å². The molecule has 0 atom stereocenters. The third-order valence-corrected chi connectivity index (χ3v) is 4.56. The van der Waals surface area contributed by atoms with Crippen molar-refractivity contribution < 1.29 is 19.1 Å². The zero-order valence-electron chi connectivity index (χ0n) is 15.4. The number of aromatic nitrogens is 1. The van der Waals surface area contributed by atoms with E-state index >= 15 is 0 Å². The van der Waals surface area contributed by atoms with Crippen LogP contribution in [0.15, 0.2) is 29.6 Å². The molecule has 6 nitrogen and oxygen atoms in total. The van der Waals surface area contributed by atoms with Gasteiger partial charge in [0, 0.05) is 31.2 Å². The first-order valence-corrected chi connectivity index (χ1v) is 9.39. The van der Waals surface area contributed by atoms with E-state index in [4.69, 9.17) is 9.47 Å². The Balaban J connectivity index is 2.12. The van der Waals surface area contributed by atoms with Crippen LogP contribution >= 0.6 is 11.3 Å². The van der Waals surface area contributed by atoms with Crippen LogP contribution in [0.3, 0.4) is 0 Å². The number of methoxy groups -OCH3 is 1. The molecule has 0 aliphatic heterocycles. The monoisotopic (exact) mass is 376 g/mol. The van der Waals surface area contributed by atoms with Gasteiger partial charge in [-0.25, -0.2) is 9.78 Å². The Hall–Kier alpha value is -2.25. The van der Waals surface area contributed by atoms with Crippen LogP contribution in [-0.2, 0) is 16.0 Å². The Labute approximate surface area is 157 Å². The standard InChI is InChI=1S/C19H24N2O4S/c1-4-25-19(23)16-13-26-17(20-16)12-21(10-5-11-24-3)18(22)15-8-6-14(2)7-9-15/h6-9,13H,4-5,10-12H2,1-3H3. The van der Waals surface area contributed by atoms with Crippen LogP contribution in [-0.4, -0.2) is 48.6 Å². The van der Waals surface area contributed by atoms with Gasteiger partial charge in [-0.15, -0.1) is 11.3 Å². The van der Waals surface area contributed by atoms with Gasteiger partial charge in [0.2, 0.25) is 0 Å². The summed E-state index contributed by atoms with van der Waals surface area (Å²) in [5.74, 6) is -0.500. The number of hydrogen-bond acceptors (Lipinski definition) is 6. The summed E-state index contributed by atoms with van der Waals surface area (Å²) in [6, 6.07) is 7.49. The molecule has 140 valence electrons. The van der Waals surface area contributed by atoms with Crippen molar-refractivity contribution >= 4 is 23.2 Å². The van der Waals surface area contributed by atoms with Gasteiger partial charge in [-0.1, -0.05) is 17.7 Å². The quantitative estimate of drug-likeness (QED) is 0.496. The van der Waals surface area contributed by atoms with E-state index in [-0.39, 0.29) is 11.6 Å². The maximum Gasteiger partial charge on any atom is 0.357 e. The number of thiazole rings is 1. The fourth-order valence-corrected chi connectivity index (χ4v) is 3.15. The molecule has 0 radical (unpaired) electrons. The van der Waals surface area contributed by atoms with Crippen LogP contribution < -0.4 is 0 Å². The lowest BCUT2D eigenvalue weighted by atomic mass is 10.1. The van der Waals surface area contributed by atoms with Crippen molar-refractivity contribution in [3.8, 4) is 0 Å². The third kappa shape index (κ3) is 5.64. The Bertz CT molecular complexity index is 727. The zero-order valence-corrected chi connectivity index (χ0v) is 16.2. The van der Waals surface area contributed by atoms with E-state index in [0.717, 1.165) is 12.0 Å². The summed E-state index contributed by atoms with van der Waals surface area (Å²) in [5.41, 5.74) is 2.02. The molecular weight excluding hydrogens is 352 g/mol. The molecule has 1 aromatic heterocycles. The van der Waals surface area contributed by atoms with Gasteiger partial charge < -0.3 is 14.4 Å². The van der Waals surface area contributed by atoms with E-state index < -0.39 is 5.97 Å². The Morgan fingerprint density at radius 2 is 1.96 bits per heavy atom. The van der Waals surface area contributed by atoms with Crippen LogP contribution in [0.25, 0.3) is 0 Å². The Morgan fingerprint density at radius 1 is 1.23 bits per heavy atom. The lowest BCUT2D eigenvalue weighted by Crippen LogP contribution is -2.32. The summed E-state index contributed by atoms with van der Waals surface area (Å²) in [7, 11) is 1.64. The number of amides is 1. The van der Waals surface area contributed by atoms with Crippen LogP contribution in [0.2, 0.25) is 0 Å². The largest absolute Gasteiger partial charge is 0.461 e. The molecule has 7 heteroatoms. The molecule has 0 N–H and O–H groups in total. The van der Waals surface area contributed by atoms with E-state index in [1.807, 2.05) is 31.2 Å². The average Bonchev–Trinajstić information content (AvgIpc) is 3.10. The van der Waals surface area contributed by atoms with Gasteiger partial charge in [0.25, 0.3) is 5.91 Å². The second-order valence-corrected chi connectivity index (χ2v) is 6.73. The molecule has 1 heterocycles. The maximum absolute atomic E-state index is 12.9. The number of rotatable bonds is 9. The first kappa shape index (κ1) is 20.1. The smallest absolute Gasteiger partial charge is 0.357 e. The normalized spacial score (nSPS) is 10.6. The highest BCUT2D eigenvalue weighted by molar-refractivity contribution is 7.09. The van der Waals surface area contributed by atoms with Gasteiger partial charge in [-0.05, 0) is 32.4 Å². The molecule has 2 aromatic rings. The third-order valence-electron chi connectivity index (χ3n) is 3.72. The van der Waals surface area contributed by atoms with Crippen molar-refractivity contribution in [2.75, 3.05) is 26.9 Å². The second-order valence-electron chi connectivity index (χ2n) is 5.79. The minimum absolute atomic E-state index is 0.0611. The van der Waals surface area contributed by atoms with Crippen molar-refractivity contribution in [3.63, 3.8) is 0 Å². The van der Waals surface area contributed by atoms with Gasteiger partial charge in [0.05, 0.1) is 13.2 Å². The highest BCUT2D eigenvalue weighted by Crippen LogP contribution is 2.16. The molecular formula is C19H24N2O4S. The summed E-state index contributed by atoms with van der Waals surface area (Å²) >= 11 is 1.35. The lowest BCUT2D eigenvalue weighted by Gasteiger charge is -2.21. The molecule has 0 spiro atoms. The number of nitrogens with zero attached hydrogens (tertiary/aromatic N) is 2. The van der Waals surface area contributed by atoms with E-state index in [0.29, 0.717) is 36.9 Å². The summed E-state index contributed by atoms with van der Waals surface area (Å²) in [4.78, 5) is 30.7. The predicted octanol–water partition coefficient (Wildman–Crippen LogP) is 3.31. The van der Waals surface area contributed by atoms with Crippen LogP contribution in [0.1, 0.15) is 44.8 Å². The van der Waals surface area contributed by atoms with E-state index in [9.17, 15) is 9.59 Å². The number of carbonyl (C=O) groups is 2. The first-order valence-electron chi connectivity index (χ1n) is 8.51. The number of ether oxygens (including phenoxy) is 2.